The molecule has 0 spiro atoms. The molecule has 0 radical (unpaired) electrons. The smallest absolute Gasteiger partial charge is 0.125 e. The zero-order chi connectivity index (χ0) is 13.1. The number of ether oxygens (including phenoxy) is 1. The lowest BCUT2D eigenvalue weighted by molar-refractivity contribution is 0.134. The van der Waals surface area contributed by atoms with Crippen LogP contribution in [0.3, 0.4) is 0 Å². The number of nitrogens with two attached hydrogens (primary N) is 1. The highest BCUT2D eigenvalue weighted by Gasteiger charge is 2.21. The third-order valence-corrected chi connectivity index (χ3v) is 4.22. The summed E-state index contributed by atoms with van der Waals surface area (Å²) in [7, 11) is 0. The van der Waals surface area contributed by atoms with E-state index in [9.17, 15) is 0 Å². The van der Waals surface area contributed by atoms with E-state index >= 15 is 0 Å². The van der Waals surface area contributed by atoms with Gasteiger partial charge in [-0.1, -0.05) is 28.9 Å². The molecule has 2 rings (SSSR count). The van der Waals surface area contributed by atoms with Crippen LogP contribution in [-0.4, -0.2) is 6.10 Å². The molecule has 100 valence electrons. The van der Waals surface area contributed by atoms with Crippen LogP contribution in [0.1, 0.15) is 51.1 Å². The number of rotatable bonds is 3. The first kappa shape index (κ1) is 13.9. The summed E-state index contributed by atoms with van der Waals surface area (Å²) < 4.78 is 7.21. The van der Waals surface area contributed by atoms with E-state index in [-0.39, 0.29) is 6.04 Å². The van der Waals surface area contributed by atoms with Crippen molar-refractivity contribution in [3.8, 4) is 5.75 Å². The van der Waals surface area contributed by atoms with Crippen molar-refractivity contribution in [2.45, 2.75) is 51.7 Å². The minimum absolute atomic E-state index is 0.00983. The van der Waals surface area contributed by atoms with Crippen LogP contribution in [0.25, 0.3) is 0 Å². The summed E-state index contributed by atoms with van der Waals surface area (Å²) in [5.74, 6) is 1.79. The molecule has 2 nitrogen and oxygen atoms in total. The maximum atomic E-state index is 6.17. The van der Waals surface area contributed by atoms with E-state index in [1.54, 1.807) is 0 Å². The first-order chi connectivity index (χ1) is 8.56. The summed E-state index contributed by atoms with van der Waals surface area (Å²) >= 11 is 3.50. The Morgan fingerprint density at radius 1 is 1.28 bits per heavy atom. The minimum atomic E-state index is 0.00983. The lowest BCUT2D eigenvalue weighted by Crippen LogP contribution is -2.24. The molecule has 1 unspecified atom stereocenters. The topological polar surface area (TPSA) is 35.2 Å². The molecule has 0 bridgehead atoms. The Labute approximate surface area is 118 Å². The van der Waals surface area contributed by atoms with Gasteiger partial charge in [-0.25, -0.2) is 0 Å². The molecule has 1 aliphatic rings. The van der Waals surface area contributed by atoms with Crippen LogP contribution < -0.4 is 10.5 Å². The van der Waals surface area contributed by atoms with Crippen LogP contribution in [0.2, 0.25) is 0 Å². The van der Waals surface area contributed by atoms with Crippen LogP contribution in [0, 0.1) is 5.92 Å². The van der Waals surface area contributed by atoms with E-state index in [1.807, 2.05) is 19.1 Å². The summed E-state index contributed by atoms with van der Waals surface area (Å²) in [6.45, 7) is 4.32. The average Bonchev–Trinajstić information content (AvgIpc) is 2.32. The maximum Gasteiger partial charge on any atom is 0.125 e. The normalized spacial score (nSPS) is 25.8. The first-order valence-electron chi connectivity index (χ1n) is 6.78. The van der Waals surface area contributed by atoms with Gasteiger partial charge < -0.3 is 10.5 Å². The second-order valence-electron chi connectivity index (χ2n) is 5.47. The van der Waals surface area contributed by atoms with E-state index in [4.69, 9.17) is 10.5 Å². The summed E-state index contributed by atoms with van der Waals surface area (Å²) in [6, 6.07) is 6.12. The predicted molar refractivity (Wildman–Crippen MR) is 78.8 cm³/mol. The Morgan fingerprint density at radius 3 is 2.56 bits per heavy atom. The third kappa shape index (κ3) is 3.48. The van der Waals surface area contributed by atoms with Gasteiger partial charge in [-0.05, 0) is 50.7 Å². The van der Waals surface area contributed by atoms with Gasteiger partial charge in [0.1, 0.15) is 5.75 Å². The first-order valence-corrected chi connectivity index (χ1v) is 7.57. The second kappa shape index (κ2) is 6.07. The van der Waals surface area contributed by atoms with Crippen molar-refractivity contribution in [1.29, 1.82) is 0 Å². The van der Waals surface area contributed by atoms with Gasteiger partial charge in [0.25, 0.3) is 0 Å². The highest BCUT2D eigenvalue weighted by atomic mass is 79.9. The third-order valence-electron chi connectivity index (χ3n) is 3.72. The highest BCUT2D eigenvalue weighted by Crippen LogP contribution is 2.32. The SMILES string of the molecule is CC1CCC(Oc2cc(Br)ccc2C(C)N)CC1. The summed E-state index contributed by atoms with van der Waals surface area (Å²) in [4.78, 5) is 0. The Balaban J connectivity index is 2.10. The Morgan fingerprint density at radius 2 is 1.94 bits per heavy atom. The summed E-state index contributed by atoms with van der Waals surface area (Å²) in [5, 5.41) is 0. The van der Waals surface area contributed by atoms with E-state index < -0.39 is 0 Å². The van der Waals surface area contributed by atoms with Crippen molar-refractivity contribution < 1.29 is 4.74 Å². The van der Waals surface area contributed by atoms with E-state index in [1.165, 1.54) is 12.8 Å². The van der Waals surface area contributed by atoms with Crippen molar-refractivity contribution in [3.05, 3.63) is 28.2 Å². The predicted octanol–water partition coefficient (Wildman–Crippen LogP) is 4.43. The van der Waals surface area contributed by atoms with Gasteiger partial charge in [-0.2, -0.15) is 0 Å². The lowest BCUT2D eigenvalue weighted by atomic mass is 9.89. The maximum absolute atomic E-state index is 6.17. The molecule has 1 aliphatic carbocycles. The molecule has 1 saturated carbocycles. The fourth-order valence-corrected chi connectivity index (χ4v) is 2.85. The lowest BCUT2D eigenvalue weighted by Gasteiger charge is -2.28. The van der Waals surface area contributed by atoms with Crippen LogP contribution in [0.4, 0.5) is 0 Å². The molecule has 0 amide bonds. The number of hydrogen-bond donors (Lipinski definition) is 1. The second-order valence-corrected chi connectivity index (χ2v) is 6.39. The molecule has 1 aromatic carbocycles. The highest BCUT2D eigenvalue weighted by molar-refractivity contribution is 9.10. The summed E-state index contributed by atoms with van der Waals surface area (Å²) in [5.41, 5.74) is 7.09. The number of benzene rings is 1. The van der Waals surface area contributed by atoms with Crippen molar-refractivity contribution in [3.63, 3.8) is 0 Å². The summed E-state index contributed by atoms with van der Waals surface area (Å²) in [6.07, 6.45) is 5.21. The van der Waals surface area contributed by atoms with Crippen LogP contribution in [0.15, 0.2) is 22.7 Å². The van der Waals surface area contributed by atoms with E-state index in [0.717, 1.165) is 34.5 Å². The van der Waals surface area contributed by atoms with Gasteiger partial charge >= 0.3 is 0 Å². The van der Waals surface area contributed by atoms with E-state index in [0.29, 0.717) is 6.10 Å². The van der Waals surface area contributed by atoms with Crippen LogP contribution >= 0.6 is 15.9 Å². The molecule has 1 aromatic rings. The van der Waals surface area contributed by atoms with Crippen molar-refractivity contribution in [1.82, 2.24) is 0 Å². The van der Waals surface area contributed by atoms with Crippen molar-refractivity contribution >= 4 is 15.9 Å². The molecular formula is C15H22BrNO. The van der Waals surface area contributed by atoms with Gasteiger partial charge in [-0.15, -0.1) is 0 Å². The Bertz CT molecular complexity index is 397. The molecule has 0 aliphatic heterocycles. The van der Waals surface area contributed by atoms with Gasteiger partial charge in [0.05, 0.1) is 6.10 Å². The molecular weight excluding hydrogens is 290 g/mol. The molecule has 18 heavy (non-hydrogen) atoms. The Kier molecular flexibility index (Phi) is 4.68. The zero-order valence-corrected chi connectivity index (χ0v) is 12.7. The minimum Gasteiger partial charge on any atom is -0.490 e. The standard InChI is InChI=1S/C15H22BrNO/c1-10-3-6-13(7-4-10)18-15-9-12(16)5-8-14(15)11(2)17/h5,8-11,13H,3-4,6-7,17H2,1-2H3. The Hall–Kier alpha value is -0.540. The average molecular weight is 312 g/mol. The largest absolute Gasteiger partial charge is 0.490 e. The molecule has 2 N–H and O–H groups in total. The van der Waals surface area contributed by atoms with Gasteiger partial charge in [0.2, 0.25) is 0 Å². The molecule has 0 heterocycles. The fraction of sp³-hybridized carbons (Fsp3) is 0.600. The fourth-order valence-electron chi connectivity index (χ4n) is 2.51. The zero-order valence-electron chi connectivity index (χ0n) is 11.2. The molecule has 0 saturated heterocycles. The van der Waals surface area contributed by atoms with Crippen molar-refractivity contribution in [2.75, 3.05) is 0 Å². The van der Waals surface area contributed by atoms with Gasteiger partial charge in [0, 0.05) is 16.1 Å². The molecule has 1 fully saturated rings. The van der Waals surface area contributed by atoms with Crippen LogP contribution in [0.5, 0.6) is 5.75 Å². The monoisotopic (exact) mass is 311 g/mol. The van der Waals surface area contributed by atoms with Gasteiger partial charge in [0.15, 0.2) is 0 Å². The number of hydrogen-bond acceptors (Lipinski definition) is 2. The number of halogens is 1. The molecule has 3 heteroatoms. The molecule has 0 aromatic heterocycles. The van der Waals surface area contributed by atoms with Gasteiger partial charge in [-0.3, -0.25) is 0 Å². The quantitative estimate of drug-likeness (QED) is 0.896. The van der Waals surface area contributed by atoms with Crippen molar-refractivity contribution in [2.24, 2.45) is 11.7 Å². The van der Waals surface area contributed by atoms with Crippen LogP contribution in [-0.2, 0) is 0 Å². The van der Waals surface area contributed by atoms with E-state index in [2.05, 4.69) is 28.9 Å². The molecule has 1 atom stereocenters.